The number of nitrogens with one attached hydrogen (secondary N) is 1. The highest BCUT2D eigenvalue weighted by atomic mass is 16.2. The van der Waals surface area contributed by atoms with Crippen molar-refractivity contribution in [2.45, 2.75) is 39.2 Å². The Morgan fingerprint density at radius 3 is 2.71 bits per heavy atom. The fraction of sp³-hybridized carbons (Fsp3) is 0.500. The molecule has 0 radical (unpaired) electrons. The number of hydrogen-bond acceptors (Lipinski definition) is 4. The summed E-state index contributed by atoms with van der Waals surface area (Å²) in [7, 11) is 1.87. The van der Waals surface area contributed by atoms with Crippen molar-refractivity contribution in [2.24, 2.45) is 7.05 Å². The first-order chi connectivity index (χ1) is 11.6. The number of nitrogens with zero attached hydrogens (tertiary/aromatic N) is 4. The summed E-state index contributed by atoms with van der Waals surface area (Å²) in [5.41, 5.74) is 3.00. The van der Waals surface area contributed by atoms with Crippen molar-refractivity contribution in [1.29, 1.82) is 0 Å². The van der Waals surface area contributed by atoms with Gasteiger partial charge in [0.2, 0.25) is 5.91 Å². The minimum atomic E-state index is -0.305. The average Bonchev–Trinajstić information content (AvgIpc) is 3.20. The van der Waals surface area contributed by atoms with Gasteiger partial charge < -0.3 is 5.32 Å². The zero-order valence-electron chi connectivity index (χ0n) is 14.6. The lowest BCUT2D eigenvalue weighted by atomic mass is 10.1. The van der Waals surface area contributed by atoms with E-state index in [2.05, 4.69) is 27.2 Å². The molecule has 1 N–H and O–H groups in total. The maximum absolute atomic E-state index is 13.1. The van der Waals surface area contributed by atoms with E-state index in [9.17, 15) is 4.79 Å². The number of carbonyl (C=O) groups excluding carboxylic acids is 1. The van der Waals surface area contributed by atoms with Crippen LogP contribution in [0, 0.1) is 6.92 Å². The van der Waals surface area contributed by atoms with Gasteiger partial charge in [-0.3, -0.25) is 19.4 Å². The van der Waals surface area contributed by atoms with Crippen molar-refractivity contribution in [3.63, 3.8) is 0 Å². The van der Waals surface area contributed by atoms with Crippen LogP contribution in [0.2, 0.25) is 0 Å². The quantitative estimate of drug-likeness (QED) is 0.916. The van der Waals surface area contributed by atoms with Crippen LogP contribution in [0.4, 0.5) is 5.82 Å². The highest BCUT2D eigenvalue weighted by Crippen LogP contribution is 2.27. The molecule has 2 aromatic heterocycles. The molecule has 1 amide bonds. The van der Waals surface area contributed by atoms with Crippen molar-refractivity contribution in [1.82, 2.24) is 19.7 Å². The third kappa shape index (κ3) is 3.19. The van der Waals surface area contributed by atoms with Crippen LogP contribution in [0.1, 0.15) is 42.6 Å². The lowest BCUT2D eigenvalue weighted by molar-refractivity contribution is -0.121. The van der Waals surface area contributed by atoms with Crippen molar-refractivity contribution in [3.8, 4) is 0 Å². The number of pyridine rings is 1. The SMILES string of the molecule is CCc1nn(C)c(NC(=O)C(c2cccnc2)N2CCCC2)c1C. The third-order valence-electron chi connectivity index (χ3n) is 4.71. The van der Waals surface area contributed by atoms with E-state index >= 15 is 0 Å². The monoisotopic (exact) mass is 327 g/mol. The molecule has 0 bridgehead atoms. The smallest absolute Gasteiger partial charge is 0.247 e. The second-order valence-corrected chi connectivity index (χ2v) is 6.32. The lowest BCUT2D eigenvalue weighted by Gasteiger charge is -2.26. The molecule has 1 fully saturated rings. The van der Waals surface area contributed by atoms with E-state index in [1.54, 1.807) is 17.1 Å². The fourth-order valence-electron chi connectivity index (χ4n) is 3.45. The fourth-order valence-corrected chi connectivity index (χ4v) is 3.45. The number of carbonyl (C=O) groups is 1. The standard InChI is InChI=1S/C18H25N5O/c1-4-15-13(2)17(22(3)21-15)20-18(24)16(23-10-5-6-11-23)14-8-7-9-19-12-14/h7-9,12,16H,4-6,10-11H2,1-3H3,(H,20,24). The number of rotatable bonds is 5. The van der Waals surface area contributed by atoms with Crippen LogP contribution < -0.4 is 5.32 Å². The van der Waals surface area contributed by atoms with Gasteiger partial charge in [-0.1, -0.05) is 13.0 Å². The Balaban J connectivity index is 1.88. The summed E-state index contributed by atoms with van der Waals surface area (Å²) in [6.45, 7) is 5.97. The molecule has 2 aromatic rings. The minimum Gasteiger partial charge on any atom is -0.309 e. The van der Waals surface area contributed by atoms with Gasteiger partial charge in [-0.15, -0.1) is 0 Å². The second kappa shape index (κ2) is 7.13. The topological polar surface area (TPSA) is 63.1 Å². The summed E-state index contributed by atoms with van der Waals surface area (Å²) in [5.74, 6) is 0.767. The van der Waals surface area contributed by atoms with Gasteiger partial charge in [0.15, 0.2) is 0 Å². The zero-order chi connectivity index (χ0) is 17.1. The molecule has 1 aliphatic rings. The van der Waals surface area contributed by atoms with E-state index in [-0.39, 0.29) is 11.9 Å². The van der Waals surface area contributed by atoms with Gasteiger partial charge in [-0.2, -0.15) is 5.10 Å². The molecule has 24 heavy (non-hydrogen) atoms. The first-order valence-corrected chi connectivity index (χ1v) is 8.59. The summed E-state index contributed by atoms with van der Waals surface area (Å²) in [4.78, 5) is 19.5. The number of likely N-dealkylation sites (tertiary alicyclic amines) is 1. The Morgan fingerprint density at radius 2 is 2.12 bits per heavy atom. The molecule has 0 aromatic carbocycles. The van der Waals surface area contributed by atoms with Gasteiger partial charge in [-0.25, -0.2) is 0 Å². The van der Waals surface area contributed by atoms with Crippen LogP contribution in [-0.2, 0) is 18.3 Å². The maximum atomic E-state index is 13.1. The van der Waals surface area contributed by atoms with E-state index in [4.69, 9.17) is 0 Å². The minimum absolute atomic E-state index is 0.0151. The van der Waals surface area contributed by atoms with Crippen LogP contribution in [0.15, 0.2) is 24.5 Å². The first-order valence-electron chi connectivity index (χ1n) is 8.59. The summed E-state index contributed by atoms with van der Waals surface area (Å²) in [6.07, 6.45) is 6.65. The van der Waals surface area contributed by atoms with Gasteiger partial charge in [0.05, 0.1) is 5.69 Å². The average molecular weight is 327 g/mol. The predicted octanol–water partition coefficient (Wildman–Crippen LogP) is 2.46. The van der Waals surface area contributed by atoms with E-state index in [1.807, 2.05) is 26.1 Å². The van der Waals surface area contributed by atoms with Crippen molar-refractivity contribution < 1.29 is 4.79 Å². The van der Waals surface area contributed by atoms with E-state index in [1.165, 1.54) is 0 Å². The Hall–Kier alpha value is -2.21. The molecule has 1 aliphatic heterocycles. The third-order valence-corrected chi connectivity index (χ3v) is 4.71. The van der Waals surface area contributed by atoms with Crippen molar-refractivity contribution in [2.75, 3.05) is 18.4 Å². The molecule has 0 saturated carbocycles. The van der Waals surface area contributed by atoms with Crippen LogP contribution >= 0.6 is 0 Å². The molecule has 6 heteroatoms. The van der Waals surface area contributed by atoms with Gasteiger partial charge >= 0.3 is 0 Å². The summed E-state index contributed by atoms with van der Waals surface area (Å²) < 4.78 is 1.76. The van der Waals surface area contributed by atoms with E-state index in [0.717, 1.165) is 55.0 Å². The Labute approximate surface area is 142 Å². The summed E-state index contributed by atoms with van der Waals surface area (Å²) in [6, 6.07) is 3.56. The number of aromatic nitrogens is 3. The second-order valence-electron chi connectivity index (χ2n) is 6.32. The van der Waals surface area contributed by atoms with Crippen molar-refractivity contribution >= 4 is 11.7 Å². The van der Waals surface area contributed by atoms with E-state index in [0.29, 0.717) is 0 Å². The number of anilines is 1. The molecule has 1 saturated heterocycles. The molecule has 1 unspecified atom stereocenters. The molecule has 0 aliphatic carbocycles. The number of hydrogen-bond donors (Lipinski definition) is 1. The summed E-state index contributed by atoms with van der Waals surface area (Å²) in [5, 5.41) is 7.59. The number of amides is 1. The van der Waals surface area contributed by atoms with Gasteiger partial charge in [-0.05, 0) is 50.9 Å². The first kappa shape index (κ1) is 16.6. The zero-order valence-corrected chi connectivity index (χ0v) is 14.6. The normalized spacial score (nSPS) is 16.3. The predicted molar refractivity (Wildman–Crippen MR) is 93.7 cm³/mol. The highest BCUT2D eigenvalue weighted by molar-refractivity contribution is 5.95. The molecule has 6 nitrogen and oxygen atoms in total. The molecule has 3 heterocycles. The Bertz CT molecular complexity index is 704. The molecule has 128 valence electrons. The number of aryl methyl sites for hydroxylation is 2. The molecular weight excluding hydrogens is 302 g/mol. The Morgan fingerprint density at radius 1 is 1.38 bits per heavy atom. The van der Waals surface area contributed by atoms with Gasteiger partial charge in [0.25, 0.3) is 0 Å². The largest absolute Gasteiger partial charge is 0.309 e. The van der Waals surface area contributed by atoms with Crippen LogP contribution in [0.5, 0.6) is 0 Å². The molecule has 0 spiro atoms. The van der Waals surface area contributed by atoms with Gasteiger partial charge in [0, 0.05) is 25.0 Å². The van der Waals surface area contributed by atoms with E-state index < -0.39 is 0 Å². The van der Waals surface area contributed by atoms with Crippen molar-refractivity contribution in [3.05, 3.63) is 41.3 Å². The molecule has 1 atom stereocenters. The lowest BCUT2D eigenvalue weighted by Crippen LogP contribution is -2.36. The van der Waals surface area contributed by atoms with Crippen LogP contribution in [-0.4, -0.2) is 38.7 Å². The van der Waals surface area contributed by atoms with Gasteiger partial charge in [0.1, 0.15) is 11.9 Å². The van der Waals surface area contributed by atoms with Crippen LogP contribution in [0.3, 0.4) is 0 Å². The summed E-state index contributed by atoms with van der Waals surface area (Å²) >= 11 is 0. The molecular formula is C18H25N5O. The maximum Gasteiger partial charge on any atom is 0.247 e. The molecule has 3 rings (SSSR count). The van der Waals surface area contributed by atoms with Crippen LogP contribution in [0.25, 0.3) is 0 Å². The highest BCUT2D eigenvalue weighted by Gasteiger charge is 2.30. The Kier molecular flexibility index (Phi) is 4.94.